The minimum absolute atomic E-state index is 0.214. The number of ether oxygens (including phenoxy) is 1. The second kappa shape index (κ2) is 5.46. The van der Waals surface area contributed by atoms with Gasteiger partial charge in [0.1, 0.15) is 5.52 Å². The fourth-order valence-corrected chi connectivity index (χ4v) is 2.85. The molecule has 0 radical (unpaired) electrons. The van der Waals surface area contributed by atoms with Gasteiger partial charge in [-0.2, -0.15) is 5.10 Å². The van der Waals surface area contributed by atoms with E-state index >= 15 is 0 Å². The number of H-pyrrole nitrogens is 1. The van der Waals surface area contributed by atoms with E-state index in [-0.39, 0.29) is 6.04 Å². The summed E-state index contributed by atoms with van der Waals surface area (Å²) in [5.74, 6) is 0.436. The maximum atomic E-state index is 5.49. The van der Waals surface area contributed by atoms with E-state index in [0.717, 1.165) is 28.0 Å². The van der Waals surface area contributed by atoms with E-state index < -0.39 is 0 Å². The van der Waals surface area contributed by atoms with Crippen molar-refractivity contribution in [1.29, 1.82) is 0 Å². The zero-order chi connectivity index (χ0) is 14.2. The van der Waals surface area contributed by atoms with Crippen molar-refractivity contribution in [2.45, 2.75) is 33.2 Å². The van der Waals surface area contributed by atoms with Gasteiger partial charge in [-0.05, 0) is 24.6 Å². The highest BCUT2D eigenvalue weighted by atomic mass is 32.1. The summed E-state index contributed by atoms with van der Waals surface area (Å²) in [5.41, 5.74) is 3.16. The van der Waals surface area contributed by atoms with Crippen LogP contribution in [0, 0.1) is 10.7 Å². The smallest absolute Gasteiger partial charge is 0.179 e. The van der Waals surface area contributed by atoms with Crippen LogP contribution in [0.4, 0.5) is 0 Å². The number of nitrogens with zero attached hydrogens (tertiary/aromatic N) is 3. The molecule has 1 unspecified atom stereocenters. The minimum atomic E-state index is 0.214. The highest BCUT2D eigenvalue weighted by Gasteiger charge is 2.22. The van der Waals surface area contributed by atoms with Crippen LogP contribution in [0.5, 0.6) is 0 Å². The van der Waals surface area contributed by atoms with Gasteiger partial charge in [0, 0.05) is 14.2 Å². The Morgan fingerprint density at radius 1 is 1.42 bits per heavy atom. The Kier molecular flexibility index (Phi) is 4.10. The Bertz CT molecular complexity index is 622. The molecule has 1 N–H and O–H groups in total. The second-order valence-corrected chi connectivity index (χ2v) is 5.58. The van der Waals surface area contributed by atoms with E-state index in [1.165, 1.54) is 0 Å². The van der Waals surface area contributed by atoms with Gasteiger partial charge in [-0.15, -0.1) is 0 Å². The van der Waals surface area contributed by atoms with Crippen molar-refractivity contribution < 1.29 is 4.74 Å². The fraction of sp³-hybridized carbons (Fsp3) is 0.692. The maximum Gasteiger partial charge on any atom is 0.179 e. The molecule has 0 fully saturated rings. The van der Waals surface area contributed by atoms with Crippen molar-refractivity contribution in [1.82, 2.24) is 19.3 Å². The molecule has 0 saturated carbocycles. The molecular formula is C13H22N4OS. The van der Waals surface area contributed by atoms with Gasteiger partial charge < -0.3 is 9.72 Å². The van der Waals surface area contributed by atoms with Crippen LogP contribution in [-0.2, 0) is 18.2 Å². The Morgan fingerprint density at radius 2 is 2.11 bits per heavy atom. The monoisotopic (exact) mass is 282 g/mol. The van der Waals surface area contributed by atoms with Crippen molar-refractivity contribution >= 4 is 23.4 Å². The molecule has 1 atom stereocenters. The summed E-state index contributed by atoms with van der Waals surface area (Å²) < 4.78 is 10.2. The molecule has 2 aromatic rings. The van der Waals surface area contributed by atoms with Gasteiger partial charge in [0.15, 0.2) is 10.4 Å². The third-order valence-corrected chi connectivity index (χ3v) is 3.84. The first kappa shape index (κ1) is 14.3. The number of rotatable bonds is 5. The van der Waals surface area contributed by atoms with Crippen LogP contribution in [-0.4, -0.2) is 33.0 Å². The third-order valence-electron chi connectivity index (χ3n) is 3.54. The molecule has 0 aliphatic rings. The summed E-state index contributed by atoms with van der Waals surface area (Å²) in [4.78, 5) is 3.30. The summed E-state index contributed by atoms with van der Waals surface area (Å²) in [6.07, 6.45) is 0.892. The molecule has 106 valence electrons. The number of nitrogens with one attached hydrogen (secondary N) is 1. The summed E-state index contributed by atoms with van der Waals surface area (Å²) in [6.45, 7) is 7.11. The lowest BCUT2D eigenvalue weighted by atomic mass is 10.1. The van der Waals surface area contributed by atoms with Crippen molar-refractivity contribution in [2.75, 3.05) is 13.7 Å². The van der Waals surface area contributed by atoms with Gasteiger partial charge in [-0.25, -0.2) is 0 Å². The third kappa shape index (κ3) is 2.34. The molecule has 0 aromatic carbocycles. The number of aromatic nitrogens is 4. The number of hydrogen-bond acceptors (Lipinski definition) is 3. The Morgan fingerprint density at radius 3 is 2.63 bits per heavy atom. The standard InChI is InChI=1S/C13H22N4OS/c1-6-9-11-12(16(4)15-9)17(13(19)14-11)10(7-18-5)8(2)3/h8,10H,6-7H2,1-5H3,(H,14,19). The van der Waals surface area contributed by atoms with Crippen LogP contribution in [0.2, 0.25) is 0 Å². The van der Waals surface area contributed by atoms with Crippen molar-refractivity contribution in [3.8, 4) is 0 Å². The molecule has 19 heavy (non-hydrogen) atoms. The van der Waals surface area contributed by atoms with Crippen LogP contribution in [0.1, 0.15) is 32.5 Å². The van der Waals surface area contributed by atoms with Gasteiger partial charge in [0.2, 0.25) is 0 Å². The number of aryl methyl sites for hydroxylation is 2. The lowest BCUT2D eigenvalue weighted by molar-refractivity contribution is 0.134. The topological polar surface area (TPSA) is 47.8 Å². The summed E-state index contributed by atoms with van der Waals surface area (Å²) in [7, 11) is 3.69. The van der Waals surface area contributed by atoms with Crippen molar-refractivity contribution in [3.05, 3.63) is 10.5 Å². The van der Waals surface area contributed by atoms with E-state index in [4.69, 9.17) is 17.0 Å². The molecule has 0 saturated heterocycles. The predicted molar refractivity (Wildman–Crippen MR) is 79.0 cm³/mol. The molecule has 0 aliphatic heterocycles. The van der Waals surface area contributed by atoms with Gasteiger partial charge >= 0.3 is 0 Å². The number of imidazole rings is 1. The lowest BCUT2D eigenvalue weighted by Crippen LogP contribution is -2.21. The van der Waals surface area contributed by atoms with Crippen molar-refractivity contribution in [3.63, 3.8) is 0 Å². The van der Waals surface area contributed by atoms with E-state index in [9.17, 15) is 0 Å². The first-order chi connectivity index (χ1) is 9.01. The summed E-state index contributed by atoms with van der Waals surface area (Å²) >= 11 is 5.49. The number of aromatic amines is 1. The molecule has 0 spiro atoms. The first-order valence-corrected chi connectivity index (χ1v) is 7.07. The summed E-state index contributed by atoms with van der Waals surface area (Å²) in [5, 5.41) is 4.55. The molecule has 0 aliphatic carbocycles. The zero-order valence-corrected chi connectivity index (χ0v) is 13.0. The minimum Gasteiger partial charge on any atom is -0.383 e. The molecule has 0 bridgehead atoms. The van der Waals surface area contributed by atoms with Crippen LogP contribution < -0.4 is 0 Å². The Hall–Kier alpha value is -1.14. The quantitative estimate of drug-likeness (QED) is 0.858. The van der Waals surface area contributed by atoms with E-state index in [1.807, 2.05) is 11.7 Å². The summed E-state index contributed by atoms with van der Waals surface area (Å²) in [6, 6.07) is 0.214. The largest absolute Gasteiger partial charge is 0.383 e. The van der Waals surface area contributed by atoms with Crippen LogP contribution in [0.15, 0.2) is 0 Å². The molecule has 5 nitrogen and oxygen atoms in total. The Labute approximate surface area is 118 Å². The molecule has 6 heteroatoms. The number of hydrogen-bond donors (Lipinski definition) is 1. The molecule has 2 rings (SSSR count). The predicted octanol–water partition coefficient (Wildman–Crippen LogP) is 2.84. The fourth-order valence-electron chi connectivity index (χ4n) is 2.53. The average Bonchev–Trinajstić information content (AvgIpc) is 2.83. The SMILES string of the molecule is CCc1nn(C)c2c1[nH]c(=S)n2C(COC)C(C)C. The normalized spacial score (nSPS) is 13.6. The van der Waals surface area contributed by atoms with Crippen LogP contribution >= 0.6 is 12.2 Å². The van der Waals surface area contributed by atoms with Crippen molar-refractivity contribution in [2.24, 2.45) is 13.0 Å². The zero-order valence-electron chi connectivity index (χ0n) is 12.2. The van der Waals surface area contributed by atoms with Gasteiger partial charge in [0.05, 0.1) is 18.3 Å². The van der Waals surface area contributed by atoms with E-state index in [0.29, 0.717) is 12.5 Å². The lowest BCUT2D eigenvalue weighted by Gasteiger charge is -2.22. The number of methoxy groups -OCH3 is 1. The number of fused-ring (bicyclic) bond motifs is 1. The average molecular weight is 282 g/mol. The Balaban J connectivity index is 2.68. The van der Waals surface area contributed by atoms with Gasteiger partial charge in [-0.1, -0.05) is 20.8 Å². The maximum absolute atomic E-state index is 5.49. The van der Waals surface area contributed by atoms with E-state index in [1.54, 1.807) is 7.11 Å². The molecule has 2 heterocycles. The molecule has 2 aromatic heterocycles. The van der Waals surface area contributed by atoms with Crippen LogP contribution in [0.3, 0.4) is 0 Å². The first-order valence-electron chi connectivity index (χ1n) is 6.66. The molecular weight excluding hydrogens is 260 g/mol. The highest BCUT2D eigenvalue weighted by molar-refractivity contribution is 7.71. The van der Waals surface area contributed by atoms with Crippen LogP contribution in [0.25, 0.3) is 11.2 Å². The van der Waals surface area contributed by atoms with Gasteiger partial charge in [-0.3, -0.25) is 9.25 Å². The second-order valence-electron chi connectivity index (χ2n) is 5.19. The highest BCUT2D eigenvalue weighted by Crippen LogP contribution is 2.26. The van der Waals surface area contributed by atoms with Gasteiger partial charge in [0.25, 0.3) is 0 Å². The molecule has 0 amide bonds. The van der Waals surface area contributed by atoms with E-state index in [2.05, 4.69) is 35.4 Å².